The maximum atomic E-state index is 14.8. The number of halogens is 2. The molecule has 5 aromatic rings. The first-order chi connectivity index (χ1) is 15.0. The fourth-order valence-electron chi connectivity index (χ4n) is 3.68. The van der Waals surface area contributed by atoms with Crippen molar-refractivity contribution in [1.82, 2.24) is 19.5 Å². The Morgan fingerprint density at radius 1 is 1.16 bits per heavy atom. The van der Waals surface area contributed by atoms with Gasteiger partial charge in [-0.15, -0.1) is 0 Å². The van der Waals surface area contributed by atoms with Crippen LogP contribution >= 0.6 is 15.9 Å². The lowest BCUT2D eigenvalue weighted by Crippen LogP contribution is -2.15. The number of imidazole rings is 1. The molecule has 0 aliphatic rings. The van der Waals surface area contributed by atoms with Crippen LogP contribution in [0.2, 0.25) is 0 Å². The molecular weight excluding hydrogens is 465 g/mol. The van der Waals surface area contributed by atoms with E-state index in [1.807, 2.05) is 6.92 Å². The summed E-state index contributed by atoms with van der Waals surface area (Å²) in [5.74, 6) is 0.0242. The van der Waals surface area contributed by atoms with Crippen LogP contribution in [-0.2, 0) is 0 Å². The highest BCUT2D eigenvalue weighted by molar-refractivity contribution is 9.10. The Balaban J connectivity index is 1.84. The molecule has 0 aliphatic carbocycles. The van der Waals surface area contributed by atoms with Gasteiger partial charge in [0.05, 0.1) is 23.3 Å². The molecule has 5 rings (SSSR count). The summed E-state index contributed by atoms with van der Waals surface area (Å²) < 4.78 is 23.4. The second kappa shape index (κ2) is 7.28. The number of fused-ring (bicyclic) bond motifs is 2. The van der Waals surface area contributed by atoms with Crippen LogP contribution in [0, 0.1) is 5.82 Å². The lowest BCUT2D eigenvalue weighted by Gasteiger charge is -2.18. The van der Waals surface area contributed by atoms with Crippen molar-refractivity contribution >= 4 is 43.9 Å². The minimum Gasteiger partial charge on any atom is -0.458 e. The highest BCUT2D eigenvalue weighted by Crippen LogP contribution is 2.34. The number of nitrogens with zero attached hydrogens (tertiary/aromatic N) is 4. The Labute approximate surface area is 183 Å². The Bertz CT molecular complexity index is 1530. The lowest BCUT2D eigenvalue weighted by molar-refractivity contribution is 0.467. The number of nitrogen functional groups attached to an aromatic ring is 1. The van der Waals surface area contributed by atoms with Crippen molar-refractivity contribution in [3.8, 4) is 11.1 Å². The van der Waals surface area contributed by atoms with Crippen molar-refractivity contribution < 1.29 is 8.81 Å². The molecule has 0 spiro atoms. The monoisotopic (exact) mass is 479 g/mol. The number of nitrogens with two attached hydrogens (primary N) is 1. The van der Waals surface area contributed by atoms with Crippen LogP contribution in [0.5, 0.6) is 0 Å². The van der Waals surface area contributed by atoms with E-state index in [1.54, 1.807) is 47.3 Å². The van der Waals surface area contributed by atoms with Crippen molar-refractivity contribution in [3.63, 3.8) is 0 Å². The second-order valence-corrected chi connectivity index (χ2v) is 7.97. The van der Waals surface area contributed by atoms with E-state index in [9.17, 15) is 9.18 Å². The number of hydrogen-bond donors (Lipinski definition) is 1. The van der Waals surface area contributed by atoms with E-state index in [0.29, 0.717) is 27.9 Å². The van der Waals surface area contributed by atoms with Crippen LogP contribution < -0.4 is 11.2 Å². The molecule has 3 heterocycles. The highest BCUT2D eigenvalue weighted by atomic mass is 79.9. The van der Waals surface area contributed by atoms with Gasteiger partial charge < -0.3 is 14.7 Å². The van der Waals surface area contributed by atoms with Gasteiger partial charge in [-0.2, -0.15) is 0 Å². The van der Waals surface area contributed by atoms with Gasteiger partial charge in [-0.05, 0) is 31.2 Å². The van der Waals surface area contributed by atoms with E-state index in [1.165, 1.54) is 12.4 Å². The normalized spacial score (nSPS) is 12.5. The first-order valence-corrected chi connectivity index (χ1v) is 10.2. The standard InChI is InChI=1S/C22H15BrFN5O2/c1-11(29-10-28-18-21(25)26-9-27-22(18)29)20-17(13-4-2-3-5-15(13)24)19(30)14-8-12(23)6-7-16(14)31-20/h2-11H,1H3,(H2,25,26,27). The van der Waals surface area contributed by atoms with E-state index < -0.39 is 11.9 Å². The van der Waals surface area contributed by atoms with Crippen molar-refractivity contribution in [1.29, 1.82) is 0 Å². The third-order valence-electron chi connectivity index (χ3n) is 5.21. The summed E-state index contributed by atoms with van der Waals surface area (Å²) >= 11 is 3.38. The molecule has 1 atom stereocenters. The number of anilines is 1. The lowest BCUT2D eigenvalue weighted by atomic mass is 9.98. The van der Waals surface area contributed by atoms with Crippen molar-refractivity contribution in [2.75, 3.05) is 5.73 Å². The van der Waals surface area contributed by atoms with Crippen molar-refractivity contribution in [3.05, 3.63) is 81.4 Å². The fraction of sp³-hybridized carbons (Fsp3) is 0.0909. The molecule has 0 aliphatic heterocycles. The molecule has 0 bridgehead atoms. The van der Waals surface area contributed by atoms with Gasteiger partial charge in [0, 0.05) is 10.0 Å². The third kappa shape index (κ3) is 3.09. The number of hydrogen-bond acceptors (Lipinski definition) is 6. The Kier molecular flexibility index (Phi) is 4.55. The summed E-state index contributed by atoms with van der Waals surface area (Å²) in [7, 11) is 0. The summed E-state index contributed by atoms with van der Waals surface area (Å²) in [6, 6.07) is 10.7. The zero-order chi connectivity index (χ0) is 21.7. The molecule has 0 saturated carbocycles. The molecule has 31 heavy (non-hydrogen) atoms. The Hall–Kier alpha value is -3.59. The van der Waals surface area contributed by atoms with Crippen LogP contribution in [-0.4, -0.2) is 19.5 Å². The minimum absolute atomic E-state index is 0.153. The summed E-state index contributed by atoms with van der Waals surface area (Å²) in [6.07, 6.45) is 2.89. The molecule has 7 nitrogen and oxygen atoms in total. The molecule has 0 fully saturated rings. The van der Waals surface area contributed by atoms with Crippen molar-refractivity contribution in [2.45, 2.75) is 13.0 Å². The van der Waals surface area contributed by atoms with E-state index in [0.717, 1.165) is 4.47 Å². The van der Waals surface area contributed by atoms with E-state index in [-0.39, 0.29) is 22.4 Å². The minimum atomic E-state index is -0.533. The molecule has 9 heteroatoms. The smallest absolute Gasteiger partial charge is 0.201 e. The van der Waals surface area contributed by atoms with Gasteiger partial charge in [-0.25, -0.2) is 19.3 Å². The zero-order valence-corrected chi connectivity index (χ0v) is 17.8. The van der Waals surface area contributed by atoms with Gasteiger partial charge in [-0.3, -0.25) is 4.79 Å². The van der Waals surface area contributed by atoms with Crippen LogP contribution in [0.4, 0.5) is 10.2 Å². The average molecular weight is 480 g/mol. The largest absolute Gasteiger partial charge is 0.458 e. The van der Waals surface area contributed by atoms with Crippen LogP contribution in [0.25, 0.3) is 33.3 Å². The maximum Gasteiger partial charge on any atom is 0.201 e. The number of rotatable bonds is 3. The summed E-state index contributed by atoms with van der Waals surface area (Å²) in [4.78, 5) is 26.1. The highest BCUT2D eigenvalue weighted by Gasteiger charge is 2.25. The third-order valence-corrected chi connectivity index (χ3v) is 5.70. The molecule has 0 radical (unpaired) electrons. The molecule has 0 amide bonds. The van der Waals surface area contributed by atoms with Crippen LogP contribution in [0.3, 0.4) is 0 Å². The molecule has 3 aromatic heterocycles. The molecule has 1 unspecified atom stereocenters. The van der Waals surface area contributed by atoms with Crippen LogP contribution in [0.15, 0.2) is 68.8 Å². The van der Waals surface area contributed by atoms with Gasteiger partial charge in [0.25, 0.3) is 0 Å². The predicted octanol–water partition coefficient (Wildman–Crippen LogP) is 4.69. The molecule has 2 N–H and O–H groups in total. The fourth-order valence-corrected chi connectivity index (χ4v) is 4.04. The Morgan fingerprint density at radius 2 is 1.97 bits per heavy atom. The van der Waals surface area contributed by atoms with E-state index in [2.05, 4.69) is 30.9 Å². The summed E-state index contributed by atoms with van der Waals surface area (Å²) in [5, 5.41) is 0.352. The first kappa shape index (κ1) is 19.4. The maximum absolute atomic E-state index is 14.8. The molecule has 2 aromatic carbocycles. The molecule has 154 valence electrons. The number of benzene rings is 2. The quantitative estimate of drug-likeness (QED) is 0.402. The number of aromatic nitrogens is 4. The first-order valence-electron chi connectivity index (χ1n) is 9.40. The molecule has 0 saturated heterocycles. The molecular formula is C22H15BrFN5O2. The van der Waals surface area contributed by atoms with Gasteiger partial charge in [0.1, 0.15) is 29.0 Å². The van der Waals surface area contributed by atoms with Gasteiger partial charge >= 0.3 is 0 Å². The predicted molar refractivity (Wildman–Crippen MR) is 119 cm³/mol. The zero-order valence-electron chi connectivity index (χ0n) is 16.2. The van der Waals surface area contributed by atoms with Crippen molar-refractivity contribution in [2.24, 2.45) is 0 Å². The van der Waals surface area contributed by atoms with Gasteiger partial charge in [-0.1, -0.05) is 34.1 Å². The topological polar surface area (TPSA) is 99.8 Å². The van der Waals surface area contributed by atoms with Gasteiger partial charge in [0.2, 0.25) is 5.43 Å². The average Bonchev–Trinajstić information content (AvgIpc) is 3.20. The summed E-state index contributed by atoms with van der Waals surface area (Å²) in [5.41, 5.74) is 7.22. The SMILES string of the molecule is CC(c1oc2ccc(Br)cc2c(=O)c1-c1ccccc1F)n1cnc2c(N)ncnc21. The van der Waals surface area contributed by atoms with E-state index >= 15 is 0 Å². The van der Waals surface area contributed by atoms with Crippen LogP contribution in [0.1, 0.15) is 18.7 Å². The Morgan fingerprint density at radius 3 is 2.77 bits per heavy atom. The second-order valence-electron chi connectivity index (χ2n) is 7.05. The van der Waals surface area contributed by atoms with E-state index in [4.69, 9.17) is 10.2 Å². The van der Waals surface area contributed by atoms with Gasteiger partial charge in [0.15, 0.2) is 11.5 Å². The summed E-state index contributed by atoms with van der Waals surface area (Å²) in [6.45, 7) is 1.83.